The third kappa shape index (κ3) is 5.17. The van der Waals surface area contributed by atoms with Crippen LogP contribution in [0.4, 0.5) is 0 Å². The normalized spacial score (nSPS) is 20.2. The average Bonchev–Trinajstić information content (AvgIpc) is 2.89. The Morgan fingerprint density at radius 1 is 0.943 bits per heavy atom. The van der Waals surface area contributed by atoms with Crippen molar-refractivity contribution in [1.29, 1.82) is 0 Å². The van der Waals surface area contributed by atoms with Crippen molar-refractivity contribution < 1.29 is 13.2 Å². The Morgan fingerprint density at radius 3 is 2.49 bits per heavy atom. The molecule has 8 nitrogen and oxygen atoms in total. The van der Waals surface area contributed by atoms with E-state index in [0.29, 0.717) is 43.4 Å². The number of nitrogens with zero attached hydrogens (tertiary/aromatic N) is 3. The van der Waals surface area contributed by atoms with Crippen molar-refractivity contribution >= 4 is 26.8 Å². The number of carbonyl (C=O) groups is 1. The highest BCUT2D eigenvalue weighted by molar-refractivity contribution is 7.89. The molecule has 0 aliphatic carbocycles. The van der Waals surface area contributed by atoms with Gasteiger partial charge in [-0.2, -0.15) is 4.31 Å². The van der Waals surface area contributed by atoms with Gasteiger partial charge in [-0.1, -0.05) is 30.3 Å². The van der Waals surface area contributed by atoms with Gasteiger partial charge in [0, 0.05) is 57.4 Å². The molecule has 184 valence electrons. The molecule has 5 rings (SSSR count). The van der Waals surface area contributed by atoms with E-state index >= 15 is 0 Å². The van der Waals surface area contributed by atoms with E-state index in [2.05, 4.69) is 22.0 Å². The molecule has 35 heavy (non-hydrogen) atoms. The summed E-state index contributed by atoms with van der Waals surface area (Å²) >= 11 is 0. The Balaban J connectivity index is 1.23. The first-order valence-electron chi connectivity index (χ1n) is 12.1. The van der Waals surface area contributed by atoms with Gasteiger partial charge in [-0.05, 0) is 48.1 Å². The van der Waals surface area contributed by atoms with E-state index in [0.717, 1.165) is 19.6 Å². The number of H-pyrrole nitrogens is 1. The number of piperidine rings is 1. The SMILES string of the molecule is O=C([C@H]1CCCN(S(=O)(=O)c2ccc3[nH]c(=O)ccc3c2)C1)N1CCN(Cc2ccccc2)CC1. The molecule has 2 saturated heterocycles. The van der Waals surface area contributed by atoms with E-state index in [9.17, 15) is 18.0 Å². The number of benzene rings is 2. The molecule has 0 spiro atoms. The standard InChI is InChI=1S/C26H30N4O4S/c31-25-11-8-21-17-23(9-10-24(21)27-25)35(33,34)30-12-4-7-22(19-30)26(32)29-15-13-28(14-16-29)18-20-5-2-1-3-6-20/h1-3,5-6,8-11,17,22H,4,7,12-16,18-19H2,(H,27,31)/t22-/m0/s1. The molecule has 2 fully saturated rings. The second-order valence-electron chi connectivity index (χ2n) is 9.36. The topological polar surface area (TPSA) is 93.8 Å². The van der Waals surface area contributed by atoms with E-state index in [1.165, 1.54) is 22.0 Å². The summed E-state index contributed by atoms with van der Waals surface area (Å²) in [5.74, 6) is -0.267. The Morgan fingerprint density at radius 2 is 1.71 bits per heavy atom. The van der Waals surface area contributed by atoms with E-state index in [4.69, 9.17) is 0 Å². The zero-order valence-electron chi connectivity index (χ0n) is 19.6. The lowest BCUT2D eigenvalue weighted by Gasteiger charge is -2.38. The maximum Gasteiger partial charge on any atom is 0.248 e. The lowest BCUT2D eigenvalue weighted by atomic mass is 9.97. The number of aromatic amines is 1. The van der Waals surface area contributed by atoms with Crippen LogP contribution in [0, 0.1) is 5.92 Å². The minimum atomic E-state index is -3.74. The van der Waals surface area contributed by atoms with Gasteiger partial charge in [-0.25, -0.2) is 8.42 Å². The summed E-state index contributed by atoms with van der Waals surface area (Å²) in [6, 6.07) is 18.0. The second-order valence-corrected chi connectivity index (χ2v) is 11.3. The van der Waals surface area contributed by atoms with Gasteiger partial charge in [-0.3, -0.25) is 14.5 Å². The number of aromatic nitrogens is 1. The van der Waals surface area contributed by atoms with Crippen molar-refractivity contribution in [2.75, 3.05) is 39.3 Å². The highest BCUT2D eigenvalue weighted by Crippen LogP contribution is 2.27. The number of carbonyl (C=O) groups excluding carboxylic acids is 1. The average molecular weight is 495 g/mol. The largest absolute Gasteiger partial charge is 0.340 e. The summed E-state index contributed by atoms with van der Waals surface area (Å²) in [6.07, 6.45) is 1.36. The smallest absolute Gasteiger partial charge is 0.248 e. The van der Waals surface area contributed by atoms with Crippen molar-refractivity contribution in [1.82, 2.24) is 19.1 Å². The number of nitrogens with one attached hydrogen (secondary N) is 1. The van der Waals surface area contributed by atoms with E-state index < -0.39 is 10.0 Å². The summed E-state index contributed by atoms with van der Waals surface area (Å²) in [5.41, 5.74) is 1.63. The fourth-order valence-electron chi connectivity index (χ4n) is 5.03. The van der Waals surface area contributed by atoms with Crippen LogP contribution in [-0.2, 0) is 21.4 Å². The summed E-state index contributed by atoms with van der Waals surface area (Å²) in [4.78, 5) is 31.9. The summed E-state index contributed by atoms with van der Waals surface area (Å²) < 4.78 is 28.2. The number of piperazine rings is 1. The molecule has 2 aromatic carbocycles. The number of sulfonamides is 1. The maximum absolute atomic E-state index is 13.4. The predicted molar refractivity (Wildman–Crippen MR) is 134 cm³/mol. The highest BCUT2D eigenvalue weighted by atomic mass is 32.2. The number of pyridine rings is 1. The lowest BCUT2D eigenvalue weighted by molar-refractivity contribution is -0.138. The Labute approximate surface area is 205 Å². The van der Waals surface area contributed by atoms with Crippen molar-refractivity contribution in [3.05, 3.63) is 76.6 Å². The van der Waals surface area contributed by atoms with Gasteiger partial charge in [0.05, 0.1) is 10.8 Å². The molecule has 0 saturated carbocycles. The molecule has 1 amide bonds. The molecule has 2 aliphatic rings. The number of amides is 1. The van der Waals surface area contributed by atoms with Gasteiger partial charge < -0.3 is 9.88 Å². The first kappa shape index (κ1) is 23.7. The fourth-order valence-corrected chi connectivity index (χ4v) is 6.59. The molecular weight excluding hydrogens is 464 g/mol. The molecule has 1 atom stereocenters. The van der Waals surface area contributed by atoms with Crippen LogP contribution in [0.2, 0.25) is 0 Å². The van der Waals surface area contributed by atoms with Crippen LogP contribution < -0.4 is 5.56 Å². The third-order valence-corrected chi connectivity index (χ3v) is 8.86. The van der Waals surface area contributed by atoms with Crippen LogP contribution in [0.3, 0.4) is 0 Å². The Bertz CT molecular complexity index is 1360. The zero-order valence-corrected chi connectivity index (χ0v) is 20.4. The van der Waals surface area contributed by atoms with Gasteiger partial charge in [0.1, 0.15) is 0 Å². The molecule has 1 N–H and O–H groups in total. The molecular formula is C26H30N4O4S. The zero-order chi connectivity index (χ0) is 24.4. The minimum absolute atomic E-state index is 0.0559. The first-order valence-corrected chi connectivity index (χ1v) is 13.5. The van der Waals surface area contributed by atoms with Crippen molar-refractivity contribution in [2.45, 2.75) is 24.3 Å². The predicted octanol–water partition coefficient (Wildman–Crippen LogP) is 2.27. The number of rotatable bonds is 5. The molecule has 0 bridgehead atoms. The number of hydrogen-bond donors (Lipinski definition) is 1. The maximum atomic E-state index is 13.4. The van der Waals surface area contributed by atoms with Crippen LogP contribution in [0.15, 0.2) is 70.4 Å². The van der Waals surface area contributed by atoms with Crippen LogP contribution in [0.1, 0.15) is 18.4 Å². The monoisotopic (exact) mass is 494 g/mol. The second kappa shape index (κ2) is 9.93. The van der Waals surface area contributed by atoms with E-state index in [1.54, 1.807) is 18.2 Å². The number of fused-ring (bicyclic) bond motifs is 1. The van der Waals surface area contributed by atoms with Crippen LogP contribution >= 0.6 is 0 Å². The highest BCUT2D eigenvalue weighted by Gasteiger charge is 2.36. The van der Waals surface area contributed by atoms with Crippen LogP contribution in [0.5, 0.6) is 0 Å². The van der Waals surface area contributed by atoms with Crippen molar-refractivity contribution in [3.8, 4) is 0 Å². The van der Waals surface area contributed by atoms with Gasteiger partial charge in [0.2, 0.25) is 21.5 Å². The Hall–Kier alpha value is -3.01. The van der Waals surface area contributed by atoms with Crippen molar-refractivity contribution in [2.24, 2.45) is 5.92 Å². The Kier molecular flexibility index (Phi) is 6.73. The van der Waals surface area contributed by atoms with Gasteiger partial charge >= 0.3 is 0 Å². The molecule has 1 aromatic heterocycles. The van der Waals surface area contributed by atoms with Gasteiger partial charge in [0.25, 0.3) is 0 Å². The first-order chi connectivity index (χ1) is 16.9. The molecule has 9 heteroatoms. The summed E-state index contributed by atoms with van der Waals surface area (Å²) in [7, 11) is -3.74. The van der Waals surface area contributed by atoms with Gasteiger partial charge in [-0.15, -0.1) is 0 Å². The van der Waals surface area contributed by atoms with Gasteiger partial charge in [0.15, 0.2) is 0 Å². The molecule has 2 aliphatic heterocycles. The summed E-state index contributed by atoms with van der Waals surface area (Å²) in [5, 5.41) is 0.656. The van der Waals surface area contributed by atoms with Crippen LogP contribution in [0.25, 0.3) is 10.9 Å². The molecule has 0 unspecified atom stereocenters. The fraction of sp³-hybridized carbons (Fsp3) is 0.385. The minimum Gasteiger partial charge on any atom is -0.340 e. The van der Waals surface area contributed by atoms with Crippen molar-refractivity contribution in [3.63, 3.8) is 0 Å². The lowest BCUT2D eigenvalue weighted by Crippen LogP contribution is -2.52. The molecule has 3 heterocycles. The quantitative estimate of drug-likeness (QED) is 0.587. The number of hydrogen-bond acceptors (Lipinski definition) is 5. The van der Waals surface area contributed by atoms with Crippen LogP contribution in [-0.4, -0.2) is 72.7 Å². The molecule has 0 radical (unpaired) electrons. The molecule has 3 aromatic rings. The third-order valence-electron chi connectivity index (χ3n) is 7.00. The van der Waals surface area contributed by atoms with E-state index in [-0.39, 0.29) is 28.8 Å². The van der Waals surface area contributed by atoms with E-state index in [1.807, 2.05) is 23.1 Å². The summed E-state index contributed by atoms with van der Waals surface area (Å²) in [6.45, 7) is 4.44.